The van der Waals surface area contributed by atoms with E-state index in [9.17, 15) is 17.6 Å². The van der Waals surface area contributed by atoms with Crippen LogP contribution in [0.2, 0.25) is 0 Å². The van der Waals surface area contributed by atoms with Gasteiger partial charge in [0.05, 0.1) is 0 Å². The molecule has 0 radical (unpaired) electrons. The lowest BCUT2D eigenvalue weighted by Crippen LogP contribution is -1.94. The van der Waals surface area contributed by atoms with E-state index < -0.39 is 17.5 Å². The lowest BCUT2D eigenvalue weighted by atomic mass is 9.96. The maximum Gasteiger partial charge on any atom is 0.194 e. The number of hydrogen-bond donors (Lipinski definition) is 0. The standard InChI is InChI=1S/C26H22F4/c1-3-5-6-17-8-12-22(23(27)13-17)21-11-10-20(19(4-2)16-21)9-7-18-14-24(28)26(30)25(29)15-18/h8,10-16H,3-6H2,1-2H3. The summed E-state index contributed by atoms with van der Waals surface area (Å²) in [7, 11) is 0. The number of rotatable bonds is 5. The lowest BCUT2D eigenvalue weighted by molar-refractivity contribution is 0.446. The van der Waals surface area contributed by atoms with E-state index >= 15 is 0 Å². The quantitative estimate of drug-likeness (QED) is 0.237. The molecule has 0 N–H and O–H groups in total. The van der Waals surface area contributed by atoms with Crippen molar-refractivity contribution in [2.75, 3.05) is 0 Å². The van der Waals surface area contributed by atoms with Crippen molar-refractivity contribution in [3.8, 4) is 23.0 Å². The molecule has 3 aromatic rings. The van der Waals surface area contributed by atoms with Crippen LogP contribution in [-0.2, 0) is 12.8 Å². The van der Waals surface area contributed by atoms with Gasteiger partial charge in [-0.05, 0) is 66.3 Å². The minimum Gasteiger partial charge on any atom is -0.206 e. The van der Waals surface area contributed by atoms with E-state index in [4.69, 9.17) is 0 Å². The Kier molecular flexibility index (Phi) is 6.95. The maximum atomic E-state index is 14.6. The third-order valence-electron chi connectivity index (χ3n) is 4.97. The molecule has 0 unspecified atom stereocenters. The fraction of sp³-hybridized carbons (Fsp3) is 0.231. The molecule has 154 valence electrons. The third-order valence-corrected chi connectivity index (χ3v) is 4.97. The van der Waals surface area contributed by atoms with Crippen molar-refractivity contribution in [1.82, 2.24) is 0 Å². The summed E-state index contributed by atoms with van der Waals surface area (Å²) in [5.41, 5.74) is 3.85. The van der Waals surface area contributed by atoms with Gasteiger partial charge >= 0.3 is 0 Å². The normalized spacial score (nSPS) is 10.6. The average molecular weight is 410 g/mol. The zero-order valence-electron chi connectivity index (χ0n) is 17.0. The van der Waals surface area contributed by atoms with Crippen LogP contribution in [0.3, 0.4) is 0 Å². The van der Waals surface area contributed by atoms with Crippen LogP contribution >= 0.6 is 0 Å². The Morgan fingerprint density at radius 1 is 0.767 bits per heavy atom. The highest BCUT2D eigenvalue weighted by Crippen LogP contribution is 2.27. The van der Waals surface area contributed by atoms with Crippen LogP contribution in [-0.4, -0.2) is 0 Å². The second-order valence-corrected chi connectivity index (χ2v) is 7.15. The van der Waals surface area contributed by atoms with Crippen LogP contribution in [0.15, 0.2) is 48.5 Å². The second kappa shape index (κ2) is 9.63. The highest BCUT2D eigenvalue weighted by molar-refractivity contribution is 5.67. The van der Waals surface area contributed by atoms with E-state index in [1.54, 1.807) is 24.3 Å². The molecule has 0 amide bonds. The molecule has 0 saturated carbocycles. The fourth-order valence-electron chi connectivity index (χ4n) is 3.27. The van der Waals surface area contributed by atoms with Gasteiger partial charge < -0.3 is 0 Å². The second-order valence-electron chi connectivity index (χ2n) is 7.15. The predicted octanol–water partition coefficient (Wildman–Crippen LogP) is 7.21. The van der Waals surface area contributed by atoms with Crippen molar-refractivity contribution in [3.05, 3.63) is 94.1 Å². The molecule has 0 saturated heterocycles. The smallest absolute Gasteiger partial charge is 0.194 e. The predicted molar refractivity (Wildman–Crippen MR) is 112 cm³/mol. The van der Waals surface area contributed by atoms with Crippen molar-refractivity contribution in [1.29, 1.82) is 0 Å². The average Bonchev–Trinajstić information content (AvgIpc) is 2.74. The topological polar surface area (TPSA) is 0 Å². The summed E-state index contributed by atoms with van der Waals surface area (Å²) in [4.78, 5) is 0. The molecule has 4 heteroatoms. The molecular weight excluding hydrogens is 388 g/mol. The van der Waals surface area contributed by atoms with Crippen molar-refractivity contribution in [2.24, 2.45) is 0 Å². The minimum atomic E-state index is -1.51. The largest absolute Gasteiger partial charge is 0.206 e. The molecule has 0 atom stereocenters. The van der Waals surface area contributed by atoms with Crippen LogP contribution in [0.1, 0.15) is 48.9 Å². The van der Waals surface area contributed by atoms with E-state index in [-0.39, 0.29) is 11.4 Å². The van der Waals surface area contributed by atoms with Gasteiger partial charge in [0.1, 0.15) is 5.82 Å². The summed E-state index contributed by atoms with van der Waals surface area (Å²) in [5.74, 6) is 1.23. The van der Waals surface area contributed by atoms with E-state index in [1.165, 1.54) is 0 Å². The van der Waals surface area contributed by atoms with Gasteiger partial charge in [-0.2, -0.15) is 0 Å². The zero-order valence-corrected chi connectivity index (χ0v) is 17.0. The lowest BCUT2D eigenvalue weighted by Gasteiger charge is -2.09. The third kappa shape index (κ3) is 4.91. The zero-order chi connectivity index (χ0) is 21.7. The molecule has 30 heavy (non-hydrogen) atoms. The van der Waals surface area contributed by atoms with Crippen molar-refractivity contribution in [2.45, 2.75) is 39.5 Å². The van der Waals surface area contributed by atoms with Crippen molar-refractivity contribution < 1.29 is 17.6 Å². The molecule has 0 spiro atoms. The summed E-state index contributed by atoms with van der Waals surface area (Å²) in [6.45, 7) is 4.05. The first-order valence-electron chi connectivity index (χ1n) is 10.0. The Labute approximate surface area is 174 Å². The fourth-order valence-corrected chi connectivity index (χ4v) is 3.27. The first-order chi connectivity index (χ1) is 14.4. The highest BCUT2D eigenvalue weighted by atomic mass is 19.2. The Balaban J connectivity index is 1.91. The molecule has 3 aromatic carbocycles. The maximum absolute atomic E-state index is 14.6. The summed E-state index contributed by atoms with van der Waals surface area (Å²) in [5, 5.41) is 0. The summed E-state index contributed by atoms with van der Waals surface area (Å²) >= 11 is 0. The van der Waals surface area contributed by atoms with Gasteiger partial charge in [-0.15, -0.1) is 0 Å². The molecule has 0 nitrogen and oxygen atoms in total. The molecule has 0 aliphatic rings. The van der Waals surface area contributed by atoms with Crippen molar-refractivity contribution >= 4 is 0 Å². The molecule has 0 fully saturated rings. The minimum absolute atomic E-state index is 0.0474. The monoisotopic (exact) mass is 410 g/mol. The van der Waals surface area contributed by atoms with Crippen LogP contribution in [0.4, 0.5) is 17.6 Å². The summed E-state index contributed by atoms with van der Waals surface area (Å²) in [6.07, 6.45) is 3.59. The Morgan fingerprint density at radius 2 is 1.50 bits per heavy atom. The Bertz CT molecular complexity index is 1100. The molecule has 3 rings (SSSR count). The summed E-state index contributed by atoms with van der Waals surface area (Å²) < 4.78 is 54.5. The Hall–Kier alpha value is -3.06. The van der Waals surface area contributed by atoms with E-state index in [0.717, 1.165) is 48.1 Å². The molecule has 0 heterocycles. The van der Waals surface area contributed by atoms with Gasteiger partial charge in [0.2, 0.25) is 0 Å². The molecular formula is C26H22F4. The van der Waals surface area contributed by atoms with Gasteiger partial charge in [-0.1, -0.05) is 50.3 Å². The number of unbranched alkanes of at least 4 members (excludes halogenated alkanes) is 1. The van der Waals surface area contributed by atoms with Crippen LogP contribution < -0.4 is 0 Å². The van der Waals surface area contributed by atoms with E-state index in [0.29, 0.717) is 17.5 Å². The number of aryl methyl sites for hydroxylation is 2. The van der Waals surface area contributed by atoms with Gasteiger partial charge in [-0.25, -0.2) is 17.6 Å². The number of benzene rings is 3. The van der Waals surface area contributed by atoms with Gasteiger partial charge in [-0.3, -0.25) is 0 Å². The highest BCUT2D eigenvalue weighted by Gasteiger charge is 2.10. The van der Waals surface area contributed by atoms with E-state index in [2.05, 4.69) is 18.8 Å². The molecule has 0 aliphatic carbocycles. The van der Waals surface area contributed by atoms with Crippen LogP contribution in [0, 0.1) is 35.1 Å². The molecule has 0 aliphatic heterocycles. The first kappa shape index (κ1) is 21.6. The van der Waals surface area contributed by atoms with Gasteiger partial charge in [0.15, 0.2) is 17.5 Å². The van der Waals surface area contributed by atoms with Crippen molar-refractivity contribution in [3.63, 3.8) is 0 Å². The summed E-state index contributed by atoms with van der Waals surface area (Å²) in [6, 6.07) is 12.5. The van der Waals surface area contributed by atoms with Crippen LogP contribution in [0.5, 0.6) is 0 Å². The van der Waals surface area contributed by atoms with E-state index in [1.807, 2.05) is 19.1 Å². The first-order valence-corrected chi connectivity index (χ1v) is 10.0. The van der Waals surface area contributed by atoms with Gasteiger partial charge in [0, 0.05) is 16.7 Å². The number of halogens is 4. The molecule has 0 aromatic heterocycles. The Morgan fingerprint density at radius 3 is 2.13 bits per heavy atom. The van der Waals surface area contributed by atoms with Gasteiger partial charge in [0.25, 0.3) is 0 Å². The number of hydrogen-bond acceptors (Lipinski definition) is 0. The molecule has 0 bridgehead atoms. The van der Waals surface area contributed by atoms with Crippen LogP contribution in [0.25, 0.3) is 11.1 Å². The SMILES string of the molecule is CCCCc1ccc(-c2ccc(C#Cc3cc(F)c(F)c(F)c3)c(CC)c2)c(F)c1.